The summed E-state index contributed by atoms with van der Waals surface area (Å²) in [6.45, 7) is 4.21. The molecule has 0 amide bonds. The van der Waals surface area contributed by atoms with Crippen LogP contribution in [0.3, 0.4) is 0 Å². The van der Waals surface area contributed by atoms with Gasteiger partial charge in [0.25, 0.3) is 0 Å². The lowest BCUT2D eigenvalue weighted by Crippen LogP contribution is -2.29. The summed E-state index contributed by atoms with van der Waals surface area (Å²) in [6.07, 6.45) is 3.61. The number of methoxy groups -OCH3 is 1. The Kier molecular flexibility index (Phi) is 5.98. The summed E-state index contributed by atoms with van der Waals surface area (Å²) in [5, 5.41) is 4.65. The Balaban J connectivity index is 1.68. The summed E-state index contributed by atoms with van der Waals surface area (Å²) >= 11 is 12.4. The molecule has 6 nitrogen and oxygen atoms in total. The molecule has 4 aromatic rings. The molecule has 2 atom stereocenters. The van der Waals surface area contributed by atoms with Crippen molar-refractivity contribution in [1.29, 1.82) is 0 Å². The van der Waals surface area contributed by atoms with Gasteiger partial charge in [0.05, 0.1) is 29.9 Å². The highest BCUT2D eigenvalue weighted by atomic mass is 35.5. The van der Waals surface area contributed by atoms with Gasteiger partial charge < -0.3 is 19.5 Å². The van der Waals surface area contributed by atoms with E-state index in [-0.39, 0.29) is 12.1 Å². The Labute approximate surface area is 209 Å². The van der Waals surface area contributed by atoms with Crippen molar-refractivity contribution < 1.29 is 4.74 Å². The Hall–Kier alpha value is -3.42. The van der Waals surface area contributed by atoms with E-state index in [1.807, 2.05) is 60.8 Å². The number of benzene rings is 1. The quantitative estimate of drug-likeness (QED) is 0.362. The normalized spacial score (nSPS) is 17.6. The van der Waals surface area contributed by atoms with Crippen LogP contribution in [-0.2, 0) is 0 Å². The standard InChI is InChI=1S/C26H24ClN5OS/c1-16-14-19(17(2)31(16)23-9-5-7-13-29-23)25-24(21-8-4-6-12-28-21)30-26(34)32(25)18-10-11-22(33-3)20(27)15-18/h4-15,24-25H,1-3H3,(H,30,34)/t24-,25-/m1/s1. The molecule has 0 saturated carbocycles. The number of nitrogens with one attached hydrogen (secondary N) is 1. The summed E-state index contributed by atoms with van der Waals surface area (Å²) in [5.41, 5.74) is 5.13. The number of ether oxygens (including phenoxy) is 1. The Morgan fingerprint density at radius 1 is 1.00 bits per heavy atom. The number of hydrogen-bond acceptors (Lipinski definition) is 4. The van der Waals surface area contributed by atoms with Crippen LogP contribution in [-0.4, -0.2) is 26.8 Å². The highest BCUT2D eigenvalue weighted by Gasteiger charge is 2.42. The minimum absolute atomic E-state index is 0.143. The maximum atomic E-state index is 6.50. The largest absolute Gasteiger partial charge is 0.495 e. The number of aryl methyl sites for hydroxylation is 1. The summed E-state index contributed by atoms with van der Waals surface area (Å²) in [4.78, 5) is 11.3. The molecule has 172 valence electrons. The van der Waals surface area contributed by atoms with Crippen LogP contribution in [0.1, 0.15) is 34.7 Å². The Morgan fingerprint density at radius 3 is 2.41 bits per heavy atom. The lowest BCUT2D eigenvalue weighted by Gasteiger charge is -2.28. The first kappa shape index (κ1) is 22.4. The number of aromatic nitrogens is 3. The van der Waals surface area contributed by atoms with Gasteiger partial charge in [0.15, 0.2) is 5.11 Å². The van der Waals surface area contributed by atoms with Crippen molar-refractivity contribution in [2.24, 2.45) is 0 Å². The SMILES string of the molecule is COc1ccc(N2C(=S)N[C@H](c3ccccn3)[C@H]2c2cc(C)n(-c3ccccn3)c2C)cc1Cl. The van der Waals surface area contributed by atoms with Crippen LogP contribution in [0.5, 0.6) is 5.75 Å². The van der Waals surface area contributed by atoms with E-state index in [0.29, 0.717) is 15.9 Å². The van der Waals surface area contributed by atoms with E-state index in [1.165, 1.54) is 0 Å². The third-order valence-electron chi connectivity index (χ3n) is 6.18. The molecule has 34 heavy (non-hydrogen) atoms. The van der Waals surface area contributed by atoms with Gasteiger partial charge in [-0.1, -0.05) is 23.7 Å². The predicted octanol–water partition coefficient (Wildman–Crippen LogP) is 5.72. The highest BCUT2D eigenvalue weighted by molar-refractivity contribution is 7.80. The van der Waals surface area contributed by atoms with E-state index in [1.54, 1.807) is 13.3 Å². The molecule has 1 N–H and O–H groups in total. The molecule has 0 aliphatic carbocycles. The number of anilines is 1. The molecular formula is C26H24ClN5OS. The molecule has 0 unspecified atom stereocenters. The third kappa shape index (κ3) is 3.81. The number of pyridine rings is 2. The van der Waals surface area contributed by atoms with Crippen LogP contribution >= 0.6 is 23.8 Å². The van der Waals surface area contributed by atoms with Crippen molar-refractivity contribution in [3.63, 3.8) is 0 Å². The minimum atomic E-state index is -0.146. The van der Waals surface area contributed by atoms with Crippen LogP contribution in [0.25, 0.3) is 5.82 Å². The zero-order chi connectivity index (χ0) is 23.8. The lowest BCUT2D eigenvalue weighted by atomic mass is 9.96. The van der Waals surface area contributed by atoms with Crippen LogP contribution in [0.15, 0.2) is 73.1 Å². The maximum absolute atomic E-state index is 6.50. The van der Waals surface area contributed by atoms with Gasteiger partial charge in [-0.15, -0.1) is 0 Å². The Morgan fingerprint density at radius 2 is 1.76 bits per heavy atom. The van der Waals surface area contributed by atoms with Crippen LogP contribution in [0.4, 0.5) is 5.69 Å². The minimum Gasteiger partial charge on any atom is -0.495 e. The van der Waals surface area contributed by atoms with Crippen LogP contribution in [0.2, 0.25) is 5.02 Å². The molecule has 1 aliphatic rings. The van der Waals surface area contributed by atoms with Gasteiger partial charge in [-0.3, -0.25) is 4.98 Å². The summed E-state index contributed by atoms with van der Waals surface area (Å²) in [5.74, 6) is 1.50. The average Bonchev–Trinajstić information content (AvgIpc) is 3.35. The molecule has 1 fully saturated rings. The van der Waals surface area contributed by atoms with Gasteiger partial charge in [-0.25, -0.2) is 4.98 Å². The van der Waals surface area contributed by atoms with Gasteiger partial charge in [0.1, 0.15) is 11.6 Å². The first-order chi connectivity index (χ1) is 16.5. The molecule has 1 aromatic carbocycles. The van der Waals surface area contributed by atoms with Crippen molar-refractivity contribution in [2.45, 2.75) is 25.9 Å². The summed E-state index contributed by atoms with van der Waals surface area (Å²) < 4.78 is 7.53. The molecule has 0 bridgehead atoms. The molecule has 4 heterocycles. The molecular weight excluding hydrogens is 466 g/mol. The van der Waals surface area contributed by atoms with E-state index in [0.717, 1.165) is 34.2 Å². The third-order valence-corrected chi connectivity index (χ3v) is 6.79. The van der Waals surface area contributed by atoms with E-state index < -0.39 is 0 Å². The van der Waals surface area contributed by atoms with E-state index in [4.69, 9.17) is 28.6 Å². The smallest absolute Gasteiger partial charge is 0.174 e. The zero-order valence-electron chi connectivity index (χ0n) is 19.1. The van der Waals surface area contributed by atoms with Crippen molar-refractivity contribution in [3.05, 3.63) is 101 Å². The second-order valence-corrected chi connectivity index (χ2v) is 8.96. The number of hydrogen-bond donors (Lipinski definition) is 1. The summed E-state index contributed by atoms with van der Waals surface area (Å²) in [7, 11) is 1.61. The van der Waals surface area contributed by atoms with E-state index >= 15 is 0 Å². The molecule has 1 aliphatic heterocycles. The van der Waals surface area contributed by atoms with Crippen LogP contribution < -0.4 is 15.0 Å². The monoisotopic (exact) mass is 489 g/mol. The zero-order valence-corrected chi connectivity index (χ0v) is 20.6. The fourth-order valence-corrected chi connectivity index (χ4v) is 5.28. The number of thiocarbonyl (C=S) groups is 1. The lowest BCUT2D eigenvalue weighted by molar-refractivity contribution is 0.415. The average molecular weight is 490 g/mol. The molecule has 0 radical (unpaired) electrons. The highest BCUT2D eigenvalue weighted by Crippen LogP contribution is 2.44. The van der Waals surface area contributed by atoms with Gasteiger partial charge in [-0.2, -0.15) is 0 Å². The Bertz CT molecular complexity index is 1340. The fraction of sp³-hybridized carbons (Fsp3) is 0.192. The second-order valence-electron chi connectivity index (χ2n) is 8.17. The van der Waals surface area contributed by atoms with Crippen molar-refractivity contribution in [1.82, 2.24) is 19.9 Å². The van der Waals surface area contributed by atoms with Gasteiger partial charge >= 0.3 is 0 Å². The van der Waals surface area contributed by atoms with Crippen LogP contribution in [0, 0.1) is 13.8 Å². The number of halogens is 1. The van der Waals surface area contributed by atoms with E-state index in [9.17, 15) is 0 Å². The number of rotatable bonds is 5. The molecule has 8 heteroatoms. The van der Waals surface area contributed by atoms with Gasteiger partial charge in [-0.05, 0) is 80.2 Å². The second kappa shape index (κ2) is 9.08. The molecule has 5 rings (SSSR count). The predicted molar refractivity (Wildman–Crippen MR) is 139 cm³/mol. The number of nitrogens with zero attached hydrogens (tertiary/aromatic N) is 4. The fourth-order valence-electron chi connectivity index (χ4n) is 4.68. The molecule has 3 aromatic heterocycles. The maximum Gasteiger partial charge on any atom is 0.174 e. The van der Waals surface area contributed by atoms with Gasteiger partial charge in [0.2, 0.25) is 0 Å². The van der Waals surface area contributed by atoms with Crippen molar-refractivity contribution in [2.75, 3.05) is 12.0 Å². The molecule has 1 saturated heterocycles. The van der Waals surface area contributed by atoms with Gasteiger partial charge in [0, 0.05) is 29.5 Å². The first-order valence-electron chi connectivity index (χ1n) is 10.9. The van der Waals surface area contributed by atoms with Crippen molar-refractivity contribution >= 4 is 34.6 Å². The molecule has 0 spiro atoms. The van der Waals surface area contributed by atoms with Crippen molar-refractivity contribution in [3.8, 4) is 11.6 Å². The first-order valence-corrected chi connectivity index (χ1v) is 11.7. The topological polar surface area (TPSA) is 55.2 Å². The summed E-state index contributed by atoms with van der Waals surface area (Å²) in [6, 6.07) is 19.5. The van der Waals surface area contributed by atoms with E-state index in [2.05, 4.69) is 44.7 Å².